The Hall–Kier alpha value is -1.51. The van der Waals surface area contributed by atoms with Crippen molar-refractivity contribution >= 4 is 17.5 Å². The lowest BCUT2D eigenvalue weighted by molar-refractivity contribution is -0.219. The molecule has 0 aliphatic heterocycles. The molecule has 1 aliphatic rings. The summed E-state index contributed by atoms with van der Waals surface area (Å²) >= 11 is 5.25. The van der Waals surface area contributed by atoms with Crippen molar-refractivity contribution in [3.05, 3.63) is 16.0 Å². The van der Waals surface area contributed by atoms with E-state index in [4.69, 9.17) is 17.4 Å². The van der Waals surface area contributed by atoms with Crippen molar-refractivity contribution in [2.75, 3.05) is 18.2 Å². The van der Waals surface area contributed by atoms with Crippen LogP contribution in [0.1, 0.15) is 19.0 Å². The highest BCUT2D eigenvalue weighted by Gasteiger charge is 2.78. The minimum Gasteiger partial charge on any atom is -0.356 e. The summed E-state index contributed by atoms with van der Waals surface area (Å²) < 4.78 is 40.9. The SMILES string of the molecule is CNc1nnc(C2(C)CC(F)(F)C2(F)Cl)c(=O)n1N. The number of rotatable bonds is 2. The van der Waals surface area contributed by atoms with E-state index in [2.05, 4.69) is 15.5 Å². The van der Waals surface area contributed by atoms with Crippen molar-refractivity contribution in [2.24, 2.45) is 0 Å². The molecule has 1 heterocycles. The lowest BCUT2D eigenvalue weighted by Gasteiger charge is -2.52. The van der Waals surface area contributed by atoms with Gasteiger partial charge in [-0.15, -0.1) is 10.2 Å². The average molecular weight is 298 g/mol. The number of nitrogens with one attached hydrogen (secondary N) is 1. The maximum Gasteiger partial charge on any atom is 0.297 e. The van der Waals surface area contributed by atoms with Gasteiger partial charge in [-0.05, 0) is 6.92 Å². The molecular formula is C9H11ClF3N5O. The zero-order chi connectivity index (χ0) is 14.6. The first-order valence-corrected chi connectivity index (χ1v) is 5.65. The maximum absolute atomic E-state index is 14.0. The van der Waals surface area contributed by atoms with E-state index >= 15 is 0 Å². The molecule has 2 atom stereocenters. The third kappa shape index (κ3) is 1.54. The van der Waals surface area contributed by atoms with Crippen molar-refractivity contribution in [2.45, 2.75) is 29.8 Å². The highest BCUT2D eigenvalue weighted by molar-refractivity contribution is 6.25. The van der Waals surface area contributed by atoms with E-state index in [0.717, 1.165) is 6.92 Å². The lowest BCUT2D eigenvalue weighted by atomic mass is 9.63. The summed E-state index contributed by atoms with van der Waals surface area (Å²) in [5, 5.41) is 6.08. The van der Waals surface area contributed by atoms with Crippen LogP contribution in [0.5, 0.6) is 0 Å². The first kappa shape index (κ1) is 13.9. The second-order valence-corrected chi connectivity index (χ2v) is 5.11. The van der Waals surface area contributed by atoms with Gasteiger partial charge in [0.25, 0.3) is 16.6 Å². The van der Waals surface area contributed by atoms with Gasteiger partial charge in [0.05, 0.1) is 5.41 Å². The van der Waals surface area contributed by atoms with E-state index in [1.54, 1.807) is 0 Å². The standard InChI is InChI=1S/C9H11ClF3N5O/c1-7(3-8(11,12)9(7,10)13)4-5(19)18(14)6(15-2)17-16-4/h3,14H2,1-2H3,(H,15,17). The molecular weight excluding hydrogens is 287 g/mol. The number of anilines is 1. The molecule has 3 N–H and O–H groups in total. The fourth-order valence-electron chi connectivity index (χ4n) is 2.11. The van der Waals surface area contributed by atoms with Gasteiger partial charge >= 0.3 is 0 Å². The zero-order valence-electron chi connectivity index (χ0n) is 10.0. The van der Waals surface area contributed by atoms with Gasteiger partial charge in [-0.25, -0.2) is 13.2 Å². The topological polar surface area (TPSA) is 85.8 Å². The highest BCUT2D eigenvalue weighted by Crippen LogP contribution is 2.64. The maximum atomic E-state index is 14.0. The van der Waals surface area contributed by atoms with E-state index in [1.807, 2.05) is 0 Å². The third-order valence-electron chi connectivity index (χ3n) is 3.37. The van der Waals surface area contributed by atoms with Gasteiger partial charge in [-0.1, -0.05) is 11.6 Å². The van der Waals surface area contributed by atoms with E-state index < -0.39 is 34.1 Å². The van der Waals surface area contributed by atoms with Crippen molar-refractivity contribution < 1.29 is 13.2 Å². The van der Waals surface area contributed by atoms with Crippen molar-refractivity contribution in [3.8, 4) is 0 Å². The van der Waals surface area contributed by atoms with E-state index in [9.17, 15) is 18.0 Å². The molecule has 2 rings (SSSR count). The summed E-state index contributed by atoms with van der Waals surface area (Å²) in [6.45, 7) is 1.09. The van der Waals surface area contributed by atoms with E-state index in [0.29, 0.717) is 4.68 Å². The number of nitrogens with two attached hydrogens (primary N) is 1. The number of hydrogen-bond donors (Lipinski definition) is 2. The lowest BCUT2D eigenvalue weighted by Crippen LogP contribution is -2.69. The molecule has 6 nitrogen and oxygen atoms in total. The average Bonchev–Trinajstić information content (AvgIpc) is 2.31. The predicted molar refractivity (Wildman–Crippen MR) is 62.6 cm³/mol. The molecule has 0 radical (unpaired) electrons. The summed E-state index contributed by atoms with van der Waals surface area (Å²) in [5.41, 5.74) is -3.41. The van der Waals surface area contributed by atoms with Crippen LogP contribution in [0.3, 0.4) is 0 Å². The van der Waals surface area contributed by atoms with E-state index in [1.165, 1.54) is 7.05 Å². The Morgan fingerprint density at radius 2 is 2.00 bits per heavy atom. The predicted octanol–water partition coefficient (Wildman–Crippen LogP) is 0.595. The number of nitrogen functional groups attached to an aromatic ring is 1. The highest BCUT2D eigenvalue weighted by atomic mass is 35.5. The van der Waals surface area contributed by atoms with Crippen molar-refractivity contribution in [1.29, 1.82) is 0 Å². The van der Waals surface area contributed by atoms with Gasteiger partial charge in [-0.2, -0.15) is 4.68 Å². The number of alkyl halides is 4. The Kier molecular flexibility index (Phi) is 2.74. The molecule has 0 aromatic carbocycles. The largest absolute Gasteiger partial charge is 0.356 e. The van der Waals surface area contributed by atoms with Crippen molar-refractivity contribution in [1.82, 2.24) is 14.9 Å². The molecule has 1 saturated carbocycles. The minimum absolute atomic E-state index is 0.0811. The Balaban J connectivity index is 2.57. The molecule has 1 fully saturated rings. The van der Waals surface area contributed by atoms with Crippen LogP contribution in [0.4, 0.5) is 19.1 Å². The summed E-state index contributed by atoms with van der Waals surface area (Å²) in [4.78, 5) is 11.9. The summed E-state index contributed by atoms with van der Waals surface area (Å²) in [6, 6.07) is 0. The summed E-state index contributed by atoms with van der Waals surface area (Å²) in [5.74, 6) is 1.59. The van der Waals surface area contributed by atoms with Gasteiger partial charge in [0.15, 0.2) is 0 Å². The molecule has 1 aliphatic carbocycles. The first-order valence-electron chi connectivity index (χ1n) is 5.27. The van der Waals surface area contributed by atoms with Crippen LogP contribution < -0.4 is 16.7 Å². The monoisotopic (exact) mass is 297 g/mol. The molecule has 0 amide bonds. The van der Waals surface area contributed by atoms with Crippen LogP contribution in [0.15, 0.2) is 4.79 Å². The van der Waals surface area contributed by atoms with Gasteiger partial charge < -0.3 is 11.2 Å². The van der Waals surface area contributed by atoms with Crippen LogP contribution in [-0.2, 0) is 5.41 Å². The van der Waals surface area contributed by atoms with Crippen LogP contribution in [-0.4, -0.2) is 33.0 Å². The fraction of sp³-hybridized carbons (Fsp3) is 0.667. The molecule has 106 valence electrons. The van der Waals surface area contributed by atoms with Crippen LogP contribution in [0.25, 0.3) is 0 Å². The molecule has 1 aromatic heterocycles. The van der Waals surface area contributed by atoms with Crippen LogP contribution in [0.2, 0.25) is 0 Å². The Morgan fingerprint density at radius 1 is 1.42 bits per heavy atom. The molecule has 1 aromatic rings. The van der Waals surface area contributed by atoms with Crippen molar-refractivity contribution in [3.63, 3.8) is 0 Å². The van der Waals surface area contributed by atoms with Gasteiger partial charge in [-0.3, -0.25) is 4.79 Å². The van der Waals surface area contributed by atoms with Crippen LogP contribution in [0, 0.1) is 0 Å². The second kappa shape index (κ2) is 3.75. The van der Waals surface area contributed by atoms with Gasteiger partial charge in [0.2, 0.25) is 5.95 Å². The molecule has 10 heteroatoms. The molecule has 0 spiro atoms. The Bertz CT molecular complexity index is 590. The smallest absolute Gasteiger partial charge is 0.297 e. The first-order chi connectivity index (χ1) is 8.58. The third-order valence-corrected chi connectivity index (χ3v) is 4.06. The fourth-order valence-corrected chi connectivity index (χ4v) is 2.33. The zero-order valence-corrected chi connectivity index (χ0v) is 10.8. The Labute approximate surface area is 110 Å². The summed E-state index contributed by atoms with van der Waals surface area (Å²) in [7, 11) is 1.44. The normalized spacial score (nSPS) is 32.7. The Morgan fingerprint density at radius 3 is 2.42 bits per heavy atom. The molecule has 19 heavy (non-hydrogen) atoms. The van der Waals surface area contributed by atoms with Gasteiger partial charge in [0, 0.05) is 13.5 Å². The number of nitrogens with zero attached hydrogens (tertiary/aromatic N) is 3. The number of halogens is 4. The molecule has 2 unspecified atom stereocenters. The quantitative estimate of drug-likeness (QED) is 0.616. The molecule has 0 saturated heterocycles. The molecule has 0 bridgehead atoms. The minimum atomic E-state index is -3.74. The number of aromatic nitrogens is 3. The summed E-state index contributed by atoms with van der Waals surface area (Å²) in [6.07, 6.45) is -0.942. The van der Waals surface area contributed by atoms with E-state index in [-0.39, 0.29) is 5.95 Å². The van der Waals surface area contributed by atoms with Gasteiger partial charge in [0.1, 0.15) is 5.69 Å². The second-order valence-electron chi connectivity index (χ2n) is 4.59. The van der Waals surface area contributed by atoms with Crippen LogP contribution >= 0.6 is 11.6 Å². The number of hydrogen-bond acceptors (Lipinski definition) is 5.